The fourth-order valence-electron chi connectivity index (χ4n) is 1.75. The van der Waals surface area contributed by atoms with E-state index in [9.17, 15) is 9.18 Å². The highest BCUT2D eigenvalue weighted by molar-refractivity contribution is 7.07. The first-order valence-corrected chi connectivity index (χ1v) is 7.20. The van der Waals surface area contributed by atoms with E-state index >= 15 is 0 Å². The van der Waals surface area contributed by atoms with Gasteiger partial charge in [-0.1, -0.05) is 18.2 Å². The van der Waals surface area contributed by atoms with Gasteiger partial charge < -0.3 is 15.0 Å². The van der Waals surface area contributed by atoms with Crippen LogP contribution in [-0.4, -0.2) is 30.2 Å². The lowest BCUT2D eigenvalue weighted by atomic mass is 10.2. The SMILES string of the molecule is COCC(N)C(=O)N=c1sccn1Cc1ccccc1F. The number of benzene rings is 1. The number of amides is 1. The van der Waals surface area contributed by atoms with Gasteiger partial charge in [0, 0.05) is 24.3 Å². The fraction of sp³-hybridized carbons (Fsp3) is 0.286. The lowest BCUT2D eigenvalue weighted by molar-refractivity contribution is -0.120. The Morgan fingerprint density at radius 2 is 2.29 bits per heavy atom. The van der Waals surface area contributed by atoms with Crippen LogP contribution in [0.1, 0.15) is 5.56 Å². The van der Waals surface area contributed by atoms with Crippen molar-refractivity contribution in [3.63, 3.8) is 0 Å². The largest absolute Gasteiger partial charge is 0.383 e. The summed E-state index contributed by atoms with van der Waals surface area (Å²) in [6, 6.07) is 5.71. The van der Waals surface area contributed by atoms with E-state index in [1.807, 2.05) is 0 Å². The minimum Gasteiger partial charge on any atom is -0.383 e. The normalized spacial score (nSPS) is 13.4. The summed E-state index contributed by atoms with van der Waals surface area (Å²) >= 11 is 1.30. The summed E-state index contributed by atoms with van der Waals surface area (Å²) in [5, 5.41) is 1.79. The molecule has 0 bridgehead atoms. The molecule has 0 aliphatic heterocycles. The van der Waals surface area contributed by atoms with E-state index < -0.39 is 11.9 Å². The highest BCUT2D eigenvalue weighted by Crippen LogP contribution is 2.08. The van der Waals surface area contributed by atoms with Gasteiger partial charge in [-0.25, -0.2) is 4.39 Å². The number of rotatable bonds is 5. The molecular weight excluding hydrogens is 293 g/mol. The van der Waals surface area contributed by atoms with Crippen molar-refractivity contribution in [1.29, 1.82) is 0 Å². The standard InChI is InChI=1S/C14H16FN3O2S/c1-20-9-12(16)13(19)17-14-18(6-7-21-14)8-10-4-2-3-5-11(10)15/h2-7,12H,8-9,16H2,1H3. The van der Waals surface area contributed by atoms with Crippen LogP contribution in [0.4, 0.5) is 4.39 Å². The van der Waals surface area contributed by atoms with Gasteiger partial charge in [-0.05, 0) is 6.07 Å². The Kier molecular flexibility index (Phi) is 5.38. The Bertz CT molecular complexity index is 681. The van der Waals surface area contributed by atoms with E-state index in [2.05, 4.69) is 4.99 Å². The van der Waals surface area contributed by atoms with E-state index in [4.69, 9.17) is 10.5 Å². The van der Waals surface area contributed by atoms with E-state index in [1.165, 1.54) is 24.5 Å². The minimum atomic E-state index is -0.793. The van der Waals surface area contributed by atoms with Gasteiger partial charge in [-0.15, -0.1) is 11.3 Å². The molecule has 0 fully saturated rings. The third-order valence-electron chi connectivity index (χ3n) is 2.83. The number of nitrogens with zero attached hydrogens (tertiary/aromatic N) is 2. The molecule has 0 saturated heterocycles. The predicted octanol–water partition coefficient (Wildman–Crippen LogP) is 1.14. The molecular formula is C14H16FN3O2S. The number of aromatic nitrogens is 1. The predicted molar refractivity (Wildman–Crippen MR) is 78.2 cm³/mol. The molecule has 1 atom stereocenters. The van der Waals surface area contributed by atoms with E-state index in [0.29, 0.717) is 16.9 Å². The molecule has 0 spiro atoms. The number of carbonyl (C=O) groups is 1. The zero-order chi connectivity index (χ0) is 15.2. The number of ether oxygens (including phenoxy) is 1. The Morgan fingerprint density at radius 1 is 1.52 bits per heavy atom. The molecule has 0 aliphatic carbocycles. The number of thiazole rings is 1. The van der Waals surface area contributed by atoms with Crippen LogP contribution in [0.3, 0.4) is 0 Å². The summed E-state index contributed by atoms with van der Waals surface area (Å²) in [6.07, 6.45) is 1.76. The average molecular weight is 309 g/mol. The van der Waals surface area contributed by atoms with Crippen molar-refractivity contribution in [3.8, 4) is 0 Å². The van der Waals surface area contributed by atoms with Gasteiger partial charge in [0.25, 0.3) is 5.91 Å². The Morgan fingerprint density at radius 3 is 3.00 bits per heavy atom. The van der Waals surface area contributed by atoms with Crippen LogP contribution in [0.5, 0.6) is 0 Å². The van der Waals surface area contributed by atoms with Gasteiger partial charge in [0.05, 0.1) is 13.2 Å². The van der Waals surface area contributed by atoms with Crippen LogP contribution >= 0.6 is 11.3 Å². The molecule has 7 heteroatoms. The van der Waals surface area contributed by atoms with Crippen LogP contribution in [0.25, 0.3) is 0 Å². The van der Waals surface area contributed by atoms with Crippen molar-refractivity contribution in [1.82, 2.24) is 4.57 Å². The Labute approximate surface area is 125 Å². The van der Waals surface area contributed by atoms with Gasteiger partial charge in [0.2, 0.25) is 0 Å². The van der Waals surface area contributed by atoms with Crippen LogP contribution in [0.2, 0.25) is 0 Å². The van der Waals surface area contributed by atoms with Crippen molar-refractivity contribution in [2.24, 2.45) is 10.7 Å². The number of halogens is 1. The lowest BCUT2D eigenvalue weighted by Crippen LogP contribution is -2.35. The first-order valence-electron chi connectivity index (χ1n) is 6.32. The summed E-state index contributed by atoms with van der Waals surface area (Å²) < 4.78 is 20.2. The summed E-state index contributed by atoms with van der Waals surface area (Å²) in [6.45, 7) is 0.419. The van der Waals surface area contributed by atoms with E-state index in [0.717, 1.165) is 0 Å². The Hall–Kier alpha value is -1.83. The highest BCUT2D eigenvalue weighted by atomic mass is 32.1. The first kappa shape index (κ1) is 15.6. The third-order valence-corrected chi connectivity index (χ3v) is 3.62. The molecule has 112 valence electrons. The first-order chi connectivity index (χ1) is 10.1. The molecule has 1 aromatic heterocycles. The van der Waals surface area contributed by atoms with Gasteiger partial charge >= 0.3 is 0 Å². The molecule has 2 N–H and O–H groups in total. The second-order valence-electron chi connectivity index (χ2n) is 4.42. The molecule has 1 heterocycles. The third kappa shape index (κ3) is 4.07. The summed E-state index contributed by atoms with van der Waals surface area (Å²) in [4.78, 5) is 16.3. The van der Waals surface area contributed by atoms with Crippen molar-refractivity contribution in [2.75, 3.05) is 13.7 Å². The molecule has 5 nitrogen and oxygen atoms in total. The van der Waals surface area contributed by atoms with Crippen LogP contribution < -0.4 is 10.5 Å². The zero-order valence-electron chi connectivity index (χ0n) is 11.5. The number of methoxy groups -OCH3 is 1. The number of nitrogens with two attached hydrogens (primary N) is 1. The summed E-state index contributed by atoms with van der Waals surface area (Å²) in [5.41, 5.74) is 6.17. The van der Waals surface area contributed by atoms with Gasteiger partial charge in [0.15, 0.2) is 4.80 Å². The van der Waals surface area contributed by atoms with Crippen molar-refractivity contribution in [3.05, 3.63) is 52.0 Å². The molecule has 2 rings (SSSR count). The number of hydrogen-bond donors (Lipinski definition) is 1. The van der Waals surface area contributed by atoms with E-state index in [-0.39, 0.29) is 12.4 Å². The smallest absolute Gasteiger partial charge is 0.267 e. The second-order valence-corrected chi connectivity index (χ2v) is 5.29. The van der Waals surface area contributed by atoms with Gasteiger partial charge in [0.1, 0.15) is 11.9 Å². The fourth-order valence-corrected chi connectivity index (χ4v) is 2.48. The molecule has 0 radical (unpaired) electrons. The van der Waals surface area contributed by atoms with Crippen LogP contribution in [-0.2, 0) is 16.1 Å². The quantitative estimate of drug-likeness (QED) is 0.900. The van der Waals surface area contributed by atoms with E-state index in [1.54, 1.807) is 34.3 Å². The number of hydrogen-bond acceptors (Lipinski definition) is 4. The van der Waals surface area contributed by atoms with Crippen LogP contribution in [0, 0.1) is 5.82 Å². The van der Waals surface area contributed by atoms with Gasteiger partial charge in [-0.2, -0.15) is 4.99 Å². The van der Waals surface area contributed by atoms with Gasteiger partial charge in [-0.3, -0.25) is 4.79 Å². The van der Waals surface area contributed by atoms with Crippen molar-refractivity contribution >= 4 is 17.2 Å². The second kappa shape index (κ2) is 7.26. The van der Waals surface area contributed by atoms with Crippen molar-refractivity contribution < 1.29 is 13.9 Å². The molecule has 21 heavy (non-hydrogen) atoms. The highest BCUT2D eigenvalue weighted by Gasteiger charge is 2.12. The monoisotopic (exact) mass is 309 g/mol. The lowest BCUT2D eigenvalue weighted by Gasteiger charge is -2.06. The topological polar surface area (TPSA) is 69.6 Å². The minimum absolute atomic E-state index is 0.112. The molecule has 2 aromatic rings. The maximum atomic E-state index is 13.7. The average Bonchev–Trinajstić information content (AvgIpc) is 2.89. The molecule has 1 aromatic carbocycles. The zero-order valence-corrected chi connectivity index (χ0v) is 12.3. The Balaban J connectivity index is 2.23. The molecule has 0 aliphatic rings. The molecule has 1 amide bonds. The number of carbonyl (C=O) groups excluding carboxylic acids is 1. The van der Waals surface area contributed by atoms with Crippen LogP contribution in [0.15, 0.2) is 40.8 Å². The molecule has 1 unspecified atom stereocenters. The summed E-state index contributed by atoms with van der Waals surface area (Å²) in [7, 11) is 1.47. The maximum Gasteiger partial charge on any atom is 0.267 e. The molecule has 0 saturated carbocycles. The van der Waals surface area contributed by atoms with Crippen molar-refractivity contribution in [2.45, 2.75) is 12.6 Å². The maximum absolute atomic E-state index is 13.7. The summed E-state index contributed by atoms with van der Waals surface area (Å²) in [5.74, 6) is -0.744.